The molecule has 2 unspecified atom stereocenters. The average Bonchev–Trinajstić information content (AvgIpc) is 2.82. The maximum absolute atomic E-state index is 9.03. The van der Waals surface area contributed by atoms with Crippen molar-refractivity contribution in [2.75, 3.05) is 6.54 Å². The number of halogens is 1. The van der Waals surface area contributed by atoms with E-state index in [0.29, 0.717) is 16.5 Å². The molecule has 2 rings (SSSR count). The second-order valence-electron chi connectivity index (χ2n) is 6.53. The molecule has 1 aromatic rings. The maximum atomic E-state index is 9.03. The van der Waals surface area contributed by atoms with E-state index in [0.717, 1.165) is 30.6 Å². The van der Waals surface area contributed by atoms with Crippen molar-refractivity contribution in [2.45, 2.75) is 45.2 Å². The fourth-order valence-corrected chi connectivity index (χ4v) is 3.48. The van der Waals surface area contributed by atoms with E-state index >= 15 is 0 Å². The smallest absolute Gasteiger partial charge is 0.101 e. The lowest BCUT2D eigenvalue weighted by Crippen LogP contribution is -2.44. The van der Waals surface area contributed by atoms with Crippen LogP contribution in [0.2, 0.25) is 5.02 Å². The number of hydrogen-bond acceptors (Lipinski definition) is 3. The summed E-state index contributed by atoms with van der Waals surface area (Å²) in [4.78, 5) is 2.20. The van der Waals surface area contributed by atoms with E-state index in [-0.39, 0.29) is 5.54 Å². The molecular weight excluding hydrogens is 294 g/mol. The Morgan fingerprint density at radius 2 is 2.32 bits per heavy atom. The third-order valence-electron chi connectivity index (χ3n) is 4.91. The van der Waals surface area contributed by atoms with Crippen molar-refractivity contribution >= 4 is 11.6 Å². The standard InChI is InChI=1S/C18H24ClN3/c1-4-22(12-16-6-5-9-18(16,3)21)11-15-8-7-14(10-20)17(19)13(15)2/h4,7-8,16H,1,5-6,9,11-12,21H2,2-3H3. The van der Waals surface area contributed by atoms with Gasteiger partial charge < -0.3 is 10.6 Å². The van der Waals surface area contributed by atoms with E-state index in [9.17, 15) is 0 Å². The Bertz CT molecular complexity index is 601. The van der Waals surface area contributed by atoms with Crippen LogP contribution in [0.1, 0.15) is 42.9 Å². The predicted molar refractivity (Wildman–Crippen MR) is 91.4 cm³/mol. The molecule has 2 N–H and O–H groups in total. The molecule has 1 aliphatic rings. The Hall–Kier alpha value is -1.50. The fourth-order valence-electron chi connectivity index (χ4n) is 3.25. The molecule has 0 heterocycles. The lowest BCUT2D eigenvalue weighted by atomic mass is 9.89. The third kappa shape index (κ3) is 3.45. The van der Waals surface area contributed by atoms with Crippen LogP contribution >= 0.6 is 11.6 Å². The normalized spacial score (nSPS) is 24.0. The second kappa shape index (κ2) is 6.73. The summed E-state index contributed by atoms with van der Waals surface area (Å²) in [5, 5.41) is 9.58. The van der Waals surface area contributed by atoms with Crippen LogP contribution in [-0.2, 0) is 6.54 Å². The minimum absolute atomic E-state index is 0.0847. The molecule has 0 spiro atoms. The van der Waals surface area contributed by atoms with E-state index in [1.54, 1.807) is 6.07 Å². The predicted octanol–water partition coefficient (Wildman–Crippen LogP) is 3.98. The molecule has 0 radical (unpaired) electrons. The number of nitrogens with zero attached hydrogens (tertiary/aromatic N) is 2. The SMILES string of the molecule is C=CN(Cc1ccc(C#N)c(Cl)c1C)CC1CCCC1(C)N. The summed E-state index contributed by atoms with van der Waals surface area (Å²) in [5.41, 5.74) is 8.93. The van der Waals surface area contributed by atoms with Gasteiger partial charge in [0, 0.05) is 18.6 Å². The van der Waals surface area contributed by atoms with Crippen molar-refractivity contribution < 1.29 is 0 Å². The van der Waals surface area contributed by atoms with E-state index in [2.05, 4.69) is 24.5 Å². The summed E-state index contributed by atoms with van der Waals surface area (Å²) in [6.45, 7) is 9.70. The Morgan fingerprint density at radius 1 is 1.59 bits per heavy atom. The Labute approximate surface area is 138 Å². The molecule has 3 nitrogen and oxygen atoms in total. The zero-order valence-electron chi connectivity index (χ0n) is 13.4. The molecule has 118 valence electrons. The molecule has 1 aliphatic carbocycles. The highest BCUT2D eigenvalue weighted by Crippen LogP contribution is 2.34. The Kier molecular flexibility index (Phi) is 5.16. The van der Waals surface area contributed by atoms with Crippen molar-refractivity contribution in [2.24, 2.45) is 11.7 Å². The monoisotopic (exact) mass is 317 g/mol. The molecule has 0 aliphatic heterocycles. The van der Waals surface area contributed by atoms with Gasteiger partial charge in [-0.3, -0.25) is 0 Å². The fraction of sp³-hybridized carbons (Fsp3) is 0.500. The van der Waals surface area contributed by atoms with Crippen molar-refractivity contribution in [3.8, 4) is 6.07 Å². The molecule has 1 aromatic carbocycles. The van der Waals surface area contributed by atoms with Crippen molar-refractivity contribution in [1.82, 2.24) is 4.90 Å². The molecule has 1 saturated carbocycles. The molecule has 1 fully saturated rings. The Morgan fingerprint density at radius 3 is 2.86 bits per heavy atom. The van der Waals surface area contributed by atoms with Gasteiger partial charge in [0.15, 0.2) is 0 Å². The summed E-state index contributed by atoms with van der Waals surface area (Å²) in [6, 6.07) is 5.88. The maximum Gasteiger partial charge on any atom is 0.101 e. The van der Waals surface area contributed by atoms with Gasteiger partial charge in [0.25, 0.3) is 0 Å². The first-order chi connectivity index (χ1) is 10.4. The summed E-state index contributed by atoms with van der Waals surface area (Å²) >= 11 is 6.25. The van der Waals surface area contributed by atoms with Gasteiger partial charge in [-0.25, -0.2) is 0 Å². The minimum atomic E-state index is -0.0847. The van der Waals surface area contributed by atoms with E-state index in [1.807, 2.05) is 19.2 Å². The molecule has 0 aromatic heterocycles. The summed E-state index contributed by atoms with van der Waals surface area (Å²) in [6.07, 6.45) is 5.33. The van der Waals surface area contributed by atoms with Crippen LogP contribution in [0.3, 0.4) is 0 Å². The zero-order chi connectivity index (χ0) is 16.3. The van der Waals surface area contributed by atoms with Crippen LogP contribution in [0.25, 0.3) is 0 Å². The molecule has 2 atom stereocenters. The number of rotatable bonds is 5. The highest BCUT2D eigenvalue weighted by molar-refractivity contribution is 6.32. The van der Waals surface area contributed by atoms with Gasteiger partial charge in [0.1, 0.15) is 6.07 Å². The van der Waals surface area contributed by atoms with Crippen LogP contribution in [-0.4, -0.2) is 17.0 Å². The van der Waals surface area contributed by atoms with Crippen molar-refractivity contribution in [3.63, 3.8) is 0 Å². The van der Waals surface area contributed by atoms with Crippen LogP contribution in [0.4, 0.5) is 0 Å². The number of nitrogens with two attached hydrogens (primary N) is 1. The van der Waals surface area contributed by atoms with Gasteiger partial charge in [0.2, 0.25) is 0 Å². The van der Waals surface area contributed by atoms with Gasteiger partial charge in [-0.1, -0.05) is 30.7 Å². The van der Waals surface area contributed by atoms with Gasteiger partial charge in [0.05, 0.1) is 10.6 Å². The molecule has 4 heteroatoms. The van der Waals surface area contributed by atoms with E-state index in [1.165, 1.54) is 12.8 Å². The van der Waals surface area contributed by atoms with Crippen LogP contribution in [0.5, 0.6) is 0 Å². The topological polar surface area (TPSA) is 53.0 Å². The molecule has 0 amide bonds. The second-order valence-corrected chi connectivity index (χ2v) is 6.91. The minimum Gasteiger partial charge on any atom is -0.373 e. The largest absolute Gasteiger partial charge is 0.373 e. The number of hydrogen-bond donors (Lipinski definition) is 1. The van der Waals surface area contributed by atoms with Crippen LogP contribution in [0.15, 0.2) is 24.9 Å². The molecule has 22 heavy (non-hydrogen) atoms. The molecule has 0 saturated heterocycles. The summed E-state index contributed by atoms with van der Waals surface area (Å²) in [5.74, 6) is 0.486. The highest BCUT2D eigenvalue weighted by Gasteiger charge is 2.35. The Balaban J connectivity index is 2.13. The first-order valence-electron chi connectivity index (χ1n) is 7.72. The molecule has 0 bridgehead atoms. The van der Waals surface area contributed by atoms with Gasteiger partial charge in [-0.15, -0.1) is 0 Å². The van der Waals surface area contributed by atoms with Crippen LogP contribution < -0.4 is 5.73 Å². The average molecular weight is 318 g/mol. The first-order valence-corrected chi connectivity index (χ1v) is 8.10. The van der Waals surface area contributed by atoms with Gasteiger partial charge >= 0.3 is 0 Å². The van der Waals surface area contributed by atoms with Crippen molar-refractivity contribution in [1.29, 1.82) is 5.26 Å². The quantitative estimate of drug-likeness (QED) is 0.893. The van der Waals surface area contributed by atoms with Gasteiger partial charge in [-0.05, 0) is 56.0 Å². The van der Waals surface area contributed by atoms with Crippen molar-refractivity contribution in [3.05, 3.63) is 46.6 Å². The van der Waals surface area contributed by atoms with Gasteiger partial charge in [-0.2, -0.15) is 5.26 Å². The summed E-state index contributed by atoms with van der Waals surface area (Å²) in [7, 11) is 0. The van der Waals surface area contributed by atoms with Crippen LogP contribution in [0, 0.1) is 24.2 Å². The highest BCUT2D eigenvalue weighted by atomic mass is 35.5. The summed E-state index contributed by atoms with van der Waals surface area (Å²) < 4.78 is 0. The zero-order valence-corrected chi connectivity index (χ0v) is 14.2. The van der Waals surface area contributed by atoms with E-state index < -0.39 is 0 Å². The number of benzene rings is 1. The van der Waals surface area contributed by atoms with E-state index in [4.69, 9.17) is 22.6 Å². The third-order valence-corrected chi connectivity index (χ3v) is 5.39. The lowest BCUT2D eigenvalue weighted by Gasteiger charge is -2.32. The molecular formula is C18H24ClN3. The lowest BCUT2D eigenvalue weighted by molar-refractivity contribution is 0.242. The first kappa shape index (κ1) is 16.9. The number of nitriles is 1.